The van der Waals surface area contributed by atoms with Gasteiger partial charge in [0.2, 0.25) is 0 Å². The molecule has 1 aromatic rings. The van der Waals surface area contributed by atoms with Crippen LogP contribution in [0.15, 0.2) is 46.8 Å². The topological polar surface area (TPSA) is 64.6 Å². The SMILES string of the molecule is CC1=C(C(=O)OC[C@H]2CCCO2)[C@@H](c2ccc(Cl)cc2)C2=C(CCCC2=O)N1. The van der Waals surface area contributed by atoms with Crippen LogP contribution in [0.25, 0.3) is 0 Å². The van der Waals surface area contributed by atoms with E-state index >= 15 is 0 Å². The van der Waals surface area contributed by atoms with E-state index in [1.165, 1.54) is 0 Å². The standard InChI is InChI=1S/C22H24ClNO4/c1-13-19(22(26)28-12-16-4-3-11-27-16)20(14-7-9-15(23)10-8-14)21-17(24-13)5-2-6-18(21)25/h7-10,16,20,24H,2-6,11-12H2,1H3/t16-,20-/m1/s1. The number of dihydropyridines is 1. The summed E-state index contributed by atoms with van der Waals surface area (Å²) in [5, 5.41) is 3.91. The lowest BCUT2D eigenvalue weighted by molar-refractivity contribution is -0.142. The molecule has 3 aliphatic rings. The highest BCUT2D eigenvalue weighted by Gasteiger charge is 2.39. The molecule has 6 heteroatoms. The summed E-state index contributed by atoms with van der Waals surface area (Å²) in [6.07, 6.45) is 3.98. The lowest BCUT2D eigenvalue weighted by atomic mass is 9.75. The molecular weight excluding hydrogens is 378 g/mol. The fraction of sp³-hybridized carbons (Fsp3) is 0.455. The first-order valence-corrected chi connectivity index (χ1v) is 10.2. The van der Waals surface area contributed by atoms with Gasteiger partial charge in [-0.3, -0.25) is 4.79 Å². The van der Waals surface area contributed by atoms with Gasteiger partial charge >= 0.3 is 5.97 Å². The zero-order valence-electron chi connectivity index (χ0n) is 15.9. The first-order valence-electron chi connectivity index (χ1n) is 9.83. The Morgan fingerprint density at radius 1 is 1.25 bits per heavy atom. The Morgan fingerprint density at radius 2 is 2.04 bits per heavy atom. The second kappa shape index (κ2) is 8.10. The van der Waals surface area contributed by atoms with Crippen molar-refractivity contribution in [3.8, 4) is 0 Å². The number of carbonyl (C=O) groups excluding carboxylic acids is 2. The fourth-order valence-electron chi connectivity index (χ4n) is 4.26. The predicted molar refractivity (Wildman–Crippen MR) is 106 cm³/mol. The summed E-state index contributed by atoms with van der Waals surface area (Å²) in [5.74, 6) is -0.741. The summed E-state index contributed by atoms with van der Waals surface area (Å²) in [6, 6.07) is 7.34. The van der Waals surface area contributed by atoms with Crippen LogP contribution >= 0.6 is 11.6 Å². The fourth-order valence-corrected chi connectivity index (χ4v) is 4.39. The molecule has 0 unspecified atom stereocenters. The molecular formula is C22H24ClNO4. The molecule has 0 aromatic heterocycles. The first kappa shape index (κ1) is 19.2. The average Bonchev–Trinajstić information content (AvgIpc) is 3.19. The molecule has 0 radical (unpaired) electrons. The second-order valence-electron chi connectivity index (χ2n) is 7.55. The Balaban J connectivity index is 1.68. The zero-order valence-corrected chi connectivity index (χ0v) is 16.7. The Labute approximate surface area is 169 Å². The van der Waals surface area contributed by atoms with E-state index in [1.54, 1.807) is 12.1 Å². The maximum Gasteiger partial charge on any atom is 0.336 e. The minimum absolute atomic E-state index is 0.0403. The van der Waals surface area contributed by atoms with E-state index in [-0.39, 0.29) is 18.5 Å². The Hall–Kier alpha value is -2.11. The van der Waals surface area contributed by atoms with Gasteiger partial charge in [0.1, 0.15) is 6.61 Å². The lowest BCUT2D eigenvalue weighted by Crippen LogP contribution is -2.35. The van der Waals surface area contributed by atoms with Crippen LogP contribution in [0.2, 0.25) is 5.02 Å². The van der Waals surface area contributed by atoms with Crippen molar-refractivity contribution in [1.29, 1.82) is 0 Å². The molecule has 0 spiro atoms. The van der Waals surface area contributed by atoms with Gasteiger partial charge in [-0.2, -0.15) is 0 Å². The van der Waals surface area contributed by atoms with Crippen molar-refractivity contribution in [1.82, 2.24) is 5.32 Å². The van der Waals surface area contributed by atoms with E-state index < -0.39 is 11.9 Å². The molecule has 1 N–H and O–H groups in total. The number of hydrogen-bond acceptors (Lipinski definition) is 5. The van der Waals surface area contributed by atoms with Gasteiger partial charge in [-0.1, -0.05) is 23.7 Å². The number of ketones is 1. The third-order valence-corrected chi connectivity index (χ3v) is 5.88. The van der Waals surface area contributed by atoms with Gasteiger partial charge in [-0.05, 0) is 50.3 Å². The smallest absolute Gasteiger partial charge is 0.336 e. The molecule has 2 atom stereocenters. The number of esters is 1. The normalized spacial score (nSPS) is 24.9. The molecule has 4 rings (SSSR count). The summed E-state index contributed by atoms with van der Waals surface area (Å²) in [5.41, 5.74) is 3.71. The maximum absolute atomic E-state index is 13.1. The summed E-state index contributed by atoms with van der Waals surface area (Å²) in [6.45, 7) is 2.82. The number of rotatable bonds is 4. The highest BCUT2D eigenvalue weighted by Crippen LogP contribution is 2.42. The molecule has 1 saturated heterocycles. The highest BCUT2D eigenvalue weighted by atomic mass is 35.5. The quantitative estimate of drug-likeness (QED) is 0.771. The summed E-state index contributed by atoms with van der Waals surface area (Å²) >= 11 is 6.06. The van der Waals surface area contributed by atoms with Crippen molar-refractivity contribution in [2.45, 2.75) is 51.0 Å². The molecule has 148 valence electrons. The highest BCUT2D eigenvalue weighted by molar-refractivity contribution is 6.30. The molecule has 2 aliphatic heterocycles. The van der Waals surface area contributed by atoms with Crippen LogP contribution in [0, 0.1) is 0 Å². The van der Waals surface area contributed by atoms with Crippen molar-refractivity contribution in [2.24, 2.45) is 0 Å². The van der Waals surface area contributed by atoms with Gasteiger partial charge in [-0.25, -0.2) is 4.79 Å². The minimum atomic E-state index is -0.432. The monoisotopic (exact) mass is 401 g/mol. The molecule has 28 heavy (non-hydrogen) atoms. The van der Waals surface area contributed by atoms with E-state index in [1.807, 2.05) is 19.1 Å². The van der Waals surface area contributed by atoms with Gasteiger partial charge < -0.3 is 14.8 Å². The van der Waals surface area contributed by atoms with E-state index in [0.717, 1.165) is 42.6 Å². The van der Waals surface area contributed by atoms with E-state index in [0.29, 0.717) is 29.2 Å². The molecule has 1 aromatic carbocycles. The Kier molecular flexibility index (Phi) is 5.56. The number of allylic oxidation sites excluding steroid dienone is 3. The third kappa shape index (κ3) is 3.74. The van der Waals surface area contributed by atoms with Gasteiger partial charge in [0.25, 0.3) is 0 Å². The van der Waals surface area contributed by atoms with E-state index in [9.17, 15) is 9.59 Å². The van der Waals surface area contributed by atoms with E-state index in [4.69, 9.17) is 21.1 Å². The van der Waals surface area contributed by atoms with Crippen molar-refractivity contribution in [3.63, 3.8) is 0 Å². The summed E-state index contributed by atoms with van der Waals surface area (Å²) in [4.78, 5) is 25.9. The molecule has 0 saturated carbocycles. The lowest BCUT2D eigenvalue weighted by Gasteiger charge is -2.34. The van der Waals surface area contributed by atoms with Crippen molar-refractivity contribution >= 4 is 23.4 Å². The maximum atomic E-state index is 13.1. The minimum Gasteiger partial charge on any atom is -0.459 e. The number of Topliss-reactive ketones (excluding diaryl/α,β-unsaturated/α-hetero) is 1. The van der Waals surface area contributed by atoms with Crippen LogP contribution in [-0.2, 0) is 19.1 Å². The third-order valence-electron chi connectivity index (χ3n) is 5.62. The summed E-state index contributed by atoms with van der Waals surface area (Å²) in [7, 11) is 0. The van der Waals surface area contributed by atoms with Crippen molar-refractivity contribution in [3.05, 3.63) is 57.4 Å². The number of halogens is 1. The van der Waals surface area contributed by atoms with Crippen LogP contribution < -0.4 is 5.32 Å². The Morgan fingerprint density at radius 3 is 2.75 bits per heavy atom. The van der Waals surface area contributed by atoms with Crippen LogP contribution in [-0.4, -0.2) is 31.1 Å². The first-order chi connectivity index (χ1) is 13.5. The largest absolute Gasteiger partial charge is 0.459 e. The van der Waals surface area contributed by atoms with Crippen molar-refractivity contribution < 1.29 is 19.1 Å². The molecule has 2 heterocycles. The van der Waals surface area contributed by atoms with Gasteiger partial charge in [0.15, 0.2) is 5.78 Å². The van der Waals surface area contributed by atoms with Crippen LogP contribution in [0.4, 0.5) is 0 Å². The zero-order chi connectivity index (χ0) is 19.7. The van der Waals surface area contributed by atoms with Crippen LogP contribution in [0.3, 0.4) is 0 Å². The second-order valence-corrected chi connectivity index (χ2v) is 7.99. The van der Waals surface area contributed by atoms with Crippen molar-refractivity contribution in [2.75, 3.05) is 13.2 Å². The molecule has 1 aliphatic carbocycles. The summed E-state index contributed by atoms with van der Waals surface area (Å²) < 4.78 is 11.2. The number of nitrogens with one attached hydrogen (secondary N) is 1. The molecule has 1 fully saturated rings. The Bertz CT molecular complexity index is 850. The predicted octanol–water partition coefficient (Wildman–Crippen LogP) is 4.03. The van der Waals surface area contributed by atoms with Gasteiger partial charge in [0, 0.05) is 40.9 Å². The number of hydrogen-bond donors (Lipinski definition) is 1. The van der Waals surface area contributed by atoms with Gasteiger partial charge in [-0.15, -0.1) is 0 Å². The molecule has 0 bridgehead atoms. The molecule has 5 nitrogen and oxygen atoms in total. The number of benzene rings is 1. The van der Waals surface area contributed by atoms with Crippen LogP contribution in [0.1, 0.15) is 50.5 Å². The number of ether oxygens (including phenoxy) is 2. The average molecular weight is 402 g/mol. The van der Waals surface area contributed by atoms with Crippen LogP contribution in [0.5, 0.6) is 0 Å². The number of carbonyl (C=O) groups is 2. The van der Waals surface area contributed by atoms with E-state index in [2.05, 4.69) is 5.32 Å². The van der Waals surface area contributed by atoms with Gasteiger partial charge in [0.05, 0.1) is 11.7 Å². The molecule has 0 amide bonds.